The number of carbonyl (C=O) groups is 1. The van der Waals surface area contributed by atoms with E-state index in [1.165, 1.54) is 54.6 Å². The molecule has 21 nitrogen and oxygen atoms in total. The van der Waals surface area contributed by atoms with E-state index in [4.69, 9.17) is 33.0 Å². The number of nitrogens with one attached hydrogen (secondary N) is 2. The Bertz CT molecular complexity index is 2640. The number of benzene rings is 4. The molecule has 0 aliphatic carbocycles. The molecule has 0 saturated carbocycles. The van der Waals surface area contributed by atoms with Gasteiger partial charge in [-0.3, -0.25) is 13.9 Å². The number of rotatable bonds is 15. The van der Waals surface area contributed by atoms with Crippen LogP contribution in [0.4, 0.5) is 28.7 Å². The molecular formula is C28H21Cl2N7O14S4. The largest absolute Gasteiger partial charge is 0.505 e. The lowest BCUT2D eigenvalue weighted by Crippen LogP contribution is -2.16. The lowest BCUT2D eigenvalue weighted by Gasteiger charge is -2.15. The normalized spacial score (nSPS) is 12.3. The number of hydrogen-bond acceptors (Lipinski definition) is 19. The predicted molar refractivity (Wildman–Crippen MR) is 194 cm³/mol. The van der Waals surface area contributed by atoms with Gasteiger partial charge in [0.1, 0.15) is 10.6 Å². The van der Waals surface area contributed by atoms with Crippen LogP contribution < -0.4 is 10.6 Å². The molecule has 0 radical (unpaired) electrons. The molecule has 290 valence electrons. The van der Waals surface area contributed by atoms with Crippen molar-refractivity contribution in [3.63, 3.8) is 0 Å². The first-order valence-corrected chi connectivity index (χ1v) is 20.4. The van der Waals surface area contributed by atoms with Gasteiger partial charge in [-0.15, -0.1) is 9.45 Å². The number of hydrogen-bond donors (Lipinski definition) is 6. The highest BCUT2D eigenvalue weighted by atomic mass is 35.5. The Balaban J connectivity index is 1.40. The van der Waals surface area contributed by atoms with Gasteiger partial charge in [0.05, 0.1) is 45.6 Å². The lowest BCUT2D eigenvalue weighted by atomic mass is 10.1. The second-order valence-electron chi connectivity index (χ2n) is 10.4. The number of aromatic nitrogens is 3. The van der Waals surface area contributed by atoms with E-state index < -0.39 is 59.3 Å². The highest BCUT2D eigenvalue weighted by Gasteiger charge is 2.25. The van der Waals surface area contributed by atoms with Crippen molar-refractivity contribution in [1.82, 2.24) is 15.0 Å². The van der Waals surface area contributed by atoms with Crippen molar-refractivity contribution in [2.75, 3.05) is 23.0 Å². The van der Waals surface area contributed by atoms with E-state index in [1.807, 2.05) is 0 Å². The quantitative estimate of drug-likeness (QED) is 0.0241. The Hall–Kier alpha value is -4.64. The molecule has 5 rings (SSSR count). The van der Waals surface area contributed by atoms with Gasteiger partial charge in [0.25, 0.3) is 16.0 Å². The molecule has 4 aromatic carbocycles. The fourth-order valence-corrected chi connectivity index (χ4v) is 7.83. The molecule has 1 amide bonds. The minimum absolute atomic E-state index is 0.0796. The molecule has 0 aliphatic heterocycles. The van der Waals surface area contributed by atoms with Gasteiger partial charge in [0, 0.05) is 22.0 Å². The number of nitrogens with zero attached hydrogens (tertiary/aromatic N) is 5. The van der Waals surface area contributed by atoms with E-state index in [2.05, 4.69) is 49.4 Å². The van der Waals surface area contributed by atoms with Gasteiger partial charge in [-0.1, -0.05) is 11.1 Å². The molecule has 0 unspecified atom stereocenters. The SMILES string of the molecule is O=C(Nc1cccc(S(=O)(=O)CCOS(=O)(=O)O)c1)c1ccc(N=Nc2c(SOOO)cc3c(S(=O)(=O)O)c(Nc4nc(Cl)nc(Cl)n4)ccc3c2O)cc1. The number of aromatic hydroxyl groups is 1. The average Bonchev–Trinajstić information content (AvgIpc) is 3.09. The van der Waals surface area contributed by atoms with Crippen LogP contribution in [-0.4, -0.2) is 77.9 Å². The van der Waals surface area contributed by atoms with Gasteiger partial charge in [-0.05, 0) is 83.9 Å². The molecule has 27 heteroatoms. The fraction of sp³-hybridized carbons (Fsp3) is 0.0714. The summed E-state index contributed by atoms with van der Waals surface area (Å²) in [7, 11) is -14.0. The summed E-state index contributed by atoms with van der Waals surface area (Å²) in [6.45, 7) is -0.836. The van der Waals surface area contributed by atoms with Gasteiger partial charge in [-0.25, -0.2) is 17.9 Å². The van der Waals surface area contributed by atoms with Crippen LogP contribution in [0.5, 0.6) is 5.75 Å². The summed E-state index contributed by atoms with van der Waals surface area (Å²) < 4.78 is 99.2. The maximum Gasteiger partial charge on any atom is 0.397 e. The molecule has 5 aromatic rings. The third-order valence-corrected chi connectivity index (χ3v) is 10.9. The van der Waals surface area contributed by atoms with Gasteiger partial charge in [0.15, 0.2) is 15.6 Å². The zero-order valence-electron chi connectivity index (χ0n) is 26.8. The standard InChI is InChI=1S/C28H21Cl2N7O14S4/c29-26-33-27(30)35-28(34-26)32-20-9-8-18-19(24(20)54(43,44)45)13-21(52-51-50-40)22(23(18)38)37-36-15-6-4-14(5-7-15)25(39)31-16-2-1-3-17(12-16)53(41,42)11-10-49-55(46,47)48/h1-9,12-13,38,40H,10-11H2,(H,31,39)(H,43,44,45)(H,46,47,48)(H,32,33,34,35). The predicted octanol–water partition coefficient (Wildman–Crippen LogP) is 5.72. The van der Waals surface area contributed by atoms with Crippen LogP contribution >= 0.6 is 35.2 Å². The number of phenols is 1. The summed E-state index contributed by atoms with van der Waals surface area (Å²) in [6, 6.07) is 14.1. The molecule has 1 aromatic heterocycles. The van der Waals surface area contributed by atoms with Gasteiger partial charge in [0.2, 0.25) is 16.5 Å². The topological polar surface area (TPSA) is 316 Å². The summed E-state index contributed by atoms with van der Waals surface area (Å²) in [5, 5.41) is 35.7. The Morgan fingerprint density at radius 1 is 0.873 bits per heavy atom. The highest BCUT2D eigenvalue weighted by Crippen LogP contribution is 2.47. The Morgan fingerprint density at radius 2 is 1.56 bits per heavy atom. The van der Waals surface area contributed by atoms with Crippen LogP contribution in [0.25, 0.3) is 10.8 Å². The van der Waals surface area contributed by atoms with Crippen molar-refractivity contribution in [1.29, 1.82) is 0 Å². The van der Waals surface area contributed by atoms with Crippen molar-refractivity contribution < 1.29 is 63.1 Å². The maximum absolute atomic E-state index is 12.9. The Morgan fingerprint density at radius 3 is 2.20 bits per heavy atom. The van der Waals surface area contributed by atoms with Crippen LogP contribution in [0.3, 0.4) is 0 Å². The number of anilines is 3. The van der Waals surface area contributed by atoms with Gasteiger partial charge < -0.3 is 15.7 Å². The molecule has 6 N–H and O–H groups in total. The van der Waals surface area contributed by atoms with Crippen molar-refractivity contribution in [3.05, 3.63) is 82.9 Å². The molecule has 55 heavy (non-hydrogen) atoms. The number of sulfone groups is 1. The molecule has 0 fully saturated rings. The summed E-state index contributed by atoms with van der Waals surface area (Å²) in [4.78, 5) is 22.9. The summed E-state index contributed by atoms with van der Waals surface area (Å²) >= 11 is 11.9. The van der Waals surface area contributed by atoms with Crippen molar-refractivity contribution in [3.8, 4) is 5.75 Å². The van der Waals surface area contributed by atoms with Gasteiger partial charge >= 0.3 is 10.4 Å². The van der Waals surface area contributed by atoms with E-state index in [0.29, 0.717) is 0 Å². The first-order chi connectivity index (χ1) is 25.8. The number of amides is 1. The van der Waals surface area contributed by atoms with Crippen LogP contribution in [0.15, 0.2) is 91.6 Å². The van der Waals surface area contributed by atoms with E-state index in [-0.39, 0.29) is 77.4 Å². The molecule has 0 saturated heterocycles. The molecule has 0 bridgehead atoms. The van der Waals surface area contributed by atoms with E-state index in [0.717, 1.165) is 12.1 Å². The maximum atomic E-state index is 12.9. The minimum atomic E-state index is -5.06. The van der Waals surface area contributed by atoms with Crippen molar-refractivity contribution in [2.24, 2.45) is 10.2 Å². The smallest absolute Gasteiger partial charge is 0.397 e. The monoisotopic (exact) mass is 877 g/mol. The number of halogens is 2. The Kier molecular flexibility index (Phi) is 12.8. The number of azo groups is 1. The molecule has 0 aliphatic rings. The van der Waals surface area contributed by atoms with Crippen LogP contribution in [0.1, 0.15) is 10.4 Å². The summed E-state index contributed by atoms with van der Waals surface area (Å²) in [6.07, 6.45) is 0. The third kappa shape index (κ3) is 10.8. The number of carbonyl (C=O) groups excluding carboxylic acids is 1. The third-order valence-electron chi connectivity index (χ3n) is 6.85. The molecule has 0 atom stereocenters. The number of fused-ring (bicyclic) bond motifs is 1. The van der Waals surface area contributed by atoms with Crippen molar-refractivity contribution in [2.45, 2.75) is 14.7 Å². The molecular weight excluding hydrogens is 858 g/mol. The van der Waals surface area contributed by atoms with Crippen LogP contribution in [0.2, 0.25) is 10.6 Å². The zero-order chi connectivity index (χ0) is 40.1. The van der Waals surface area contributed by atoms with E-state index in [9.17, 15) is 39.7 Å². The first-order valence-electron chi connectivity index (χ1n) is 14.4. The minimum Gasteiger partial charge on any atom is -0.505 e. The van der Waals surface area contributed by atoms with E-state index in [1.54, 1.807) is 0 Å². The van der Waals surface area contributed by atoms with Crippen LogP contribution in [-0.2, 0) is 43.9 Å². The highest BCUT2D eigenvalue weighted by molar-refractivity contribution is 7.94. The van der Waals surface area contributed by atoms with Crippen LogP contribution in [0, 0.1) is 0 Å². The summed E-state index contributed by atoms with van der Waals surface area (Å²) in [5.74, 6) is -2.38. The fourth-order valence-electron chi connectivity index (χ4n) is 4.61. The molecule has 1 heterocycles. The molecule has 0 spiro atoms. The van der Waals surface area contributed by atoms with E-state index >= 15 is 0 Å². The van der Waals surface area contributed by atoms with Crippen molar-refractivity contribution >= 4 is 111 Å². The Labute approximate surface area is 324 Å². The lowest BCUT2D eigenvalue weighted by molar-refractivity contribution is -0.432. The van der Waals surface area contributed by atoms with Gasteiger partial charge in [-0.2, -0.15) is 36.9 Å². The second kappa shape index (κ2) is 17.0. The number of phenolic OH excluding ortho intramolecular Hbond substituents is 1. The second-order valence-corrected chi connectivity index (χ2v) is 16.4. The summed E-state index contributed by atoms with van der Waals surface area (Å²) in [5.41, 5.74) is -0.275. The zero-order valence-corrected chi connectivity index (χ0v) is 31.5. The first kappa shape index (κ1) is 41.5. The average molecular weight is 879 g/mol.